The minimum atomic E-state index is -0.123. The molecule has 0 aliphatic rings. The summed E-state index contributed by atoms with van der Waals surface area (Å²) < 4.78 is 7.41. The van der Waals surface area contributed by atoms with Crippen molar-refractivity contribution in [1.29, 1.82) is 0 Å². The van der Waals surface area contributed by atoms with Gasteiger partial charge in [0.2, 0.25) is 0 Å². The average Bonchev–Trinajstić information content (AvgIpc) is 2.88. The normalized spacial score (nSPS) is 10.6. The van der Waals surface area contributed by atoms with Crippen molar-refractivity contribution >= 4 is 11.7 Å². The molecule has 6 heteroatoms. The van der Waals surface area contributed by atoms with E-state index in [2.05, 4.69) is 24.3 Å². The van der Waals surface area contributed by atoms with Crippen LogP contribution in [0.15, 0.2) is 24.3 Å². The number of likely N-dealkylation sites (N-methyl/N-ethyl adjacent to an activating group) is 1. The van der Waals surface area contributed by atoms with Gasteiger partial charge in [0.15, 0.2) is 0 Å². The van der Waals surface area contributed by atoms with E-state index in [1.54, 1.807) is 11.9 Å². The third-order valence-electron chi connectivity index (χ3n) is 4.29. The molecule has 0 fully saturated rings. The fourth-order valence-electron chi connectivity index (χ4n) is 2.80. The summed E-state index contributed by atoms with van der Waals surface area (Å²) in [6.45, 7) is 10.3. The van der Waals surface area contributed by atoms with Crippen molar-refractivity contribution in [2.24, 2.45) is 0 Å². The van der Waals surface area contributed by atoms with Gasteiger partial charge < -0.3 is 15.0 Å². The van der Waals surface area contributed by atoms with Crippen molar-refractivity contribution in [1.82, 2.24) is 14.7 Å². The average molecular weight is 344 g/mol. The van der Waals surface area contributed by atoms with Gasteiger partial charge in [0, 0.05) is 31.5 Å². The molecule has 6 nitrogen and oxygen atoms in total. The standard InChI is InChI=1S/C19H28N4O2/c1-6-23-15(4)18(14(3)21-23)12-13-22(5)19(24)20-16-8-10-17(11-9-16)25-7-2/h8-11H,6-7,12-13H2,1-5H3,(H,20,24). The summed E-state index contributed by atoms with van der Waals surface area (Å²) >= 11 is 0. The second-order valence-corrected chi connectivity index (χ2v) is 6.02. The Balaban J connectivity index is 1.91. The fourth-order valence-corrected chi connectivity index (χ4v) is 2.80. The number of ether oxygens (including phenoxy) is 1. The van der Waals surface area contributed by atoms with E-state index in [0.29, 0.717) is 13.2 Å². The Bertz CT molecular complexity index is 707. The van der Waals surface area contributed by atoms with Gasteiger partial charge in [-0.05, 0) is 63.9 Å². The lowest BCUT2D eigenvalue weighted by atomic mass is 10.1. The monoisotopic (exact) mass is 344 g/mol. The number of urea groups is 1. The molecule has 2 aromatic rings. The number of nitrogens with one attached hydrogen (secondary N) is 1. The number of amides is 2. The summed E-state index contributed by atoms with van der Waals surface area (Å²) in [5.74, 6) is 0.799. The number of benzene rings is 1. The van der Waals surface area contributed by atoms with Crippen LogP contribution in [0.5, 0.6) is 5.75 Å². The van der Waals surface area contributed by atoms with Crippen LogP contribution in [0.1, 0.15) is 30.8 Å². The van der Waals surface area contributed by atoms with Crippen LogP contribution in [0.2, 0.25) is 0 Å². The number of nitrogens with zero attached hydrogens (tertiary/aromatic N) is 3. The molecule has 0 saturated carbocycles. The van der Waals surface area contributed by atoms with E-state index in [-0.39, 0.29) is 6.03 Å². The zero-order valence-electron chi connectivity index (χ0n) is 15.8. The molecule has 0 aliphatic carbocycles. The molecule has 0 spiro atoms. The van der Waals surface area contributed by atoms with E-state index in [4.69, 9.17) is 4.74 Å². The van der Waals surface area contributed by atoms with Gasteiger partial charge in [-0.1, -0.05) is 0 Å². The highest BCUT2D eigenvalue weighted by atomic mass is 16.5. The molecule has 0 unspecified atom stereocenters. The van der Waals surface area contributed by atoms with Crippen molar-refractivity contribution in [3.8, 4) is 5.75 Å². The first kappa shape index (κ1) is 18.8. The largest absolute Gasteiger partial charge is 0.494 e. The quantitative estimate of drug-likeness (QED) is 0.834. The first-order chi connectivity index (χ1) is 12.0. The third kappa shape index (κ3) is 4.75. The van der Waals surface area contributed by atoms with Gasteiger partial charge in [-0.25, -0.2) is 4.79 Å². The first-order valence-electron chi connectivity index (χ1n) is 8.74. The van der Waals surface area contributed by atoms with Crippen LogP contribution < -0.4 is 10.1 Å². The van der Waals surface area contributed by atoms with Gasteiger partial charge in [-0.3, -0.25) is 4.68 Å². The lowest BCUT2D eigenvalue weighted by molar-refractivity contribution is 0.223. The molecule has 0 aliphatic heterocycles. The first-order valence-corrected chi connectivity index (χ1v) is 8.74. The van der Waals surface area contributed by atoms with Crippen molar-refractivity contribution in [3.05, 3.63) is 41.2 Å². The van der Waals surface area contributed by atoms with Gasteiger partial charge in [0.25, 0.3) is 0 Å². The second kappa shape index (κ2) is 8.55. The van der Waals surface area contributed by atoms with Crippen LogP contribution in [0.4, 0.5) is 10.5 Å². The van der Waals surface area contributed by atoms with Crippen molar-refractivity contribution in [3.63, 3.8) is 0 Å². The number of hydrogen-bond acceptors (Lipinski definition) is 3. The van der Waals surface area contributed by atoms with E-state index in [9.17, 15) is 4.79 Å². The van der Waals surface area contributed by atoms with E-state index in [1.807, 2.05) is 42.8 Å². The second-order valence-electron chi connectivity index (χ2n) is 6.02. The van der Waals surface area contributed by atoms with Crippen LogP contribution in [0, 0.1) is 13.8 Å². The van der Waals surface area contributed by atoms with Crippen LogP contribution >= 0.6 is 0 Å². The summed E-state index contributed by atoms with van der Waals surface area (Å²) in [4.78, 5) is 14.0. The molecule has 0 atom stereocenters. The minimum Gasteiger partial charge on any atom is -0.494 e. The van der Waals surface area contributed by atoms with Gasteiger partial charge in [0.1, 0.15) is 5.75 Å². The molecule has 1 heterocycles. The summed E-state index contributed by atoms with van der Waals surface area (Å²) in [6.07, 6.45) is 0.796. The Kier molecular flexibility index (Phi) is 6.44. The maximum absolute atomic E-state index is 12.3. The molecule has 0 saturated heterocycles. The predicted molar refractivity (Wildman–Crippen MR) is 100 cm³/mol. The summed E-state index contributed by atoms with van der Waals surface area (Å²) in [5, 5.41) is 7.43. The van der Waals surface area contributed by atoms with E-state index >= 15 is 0 Å². The molecule has 1 N–H and O–H groups in total. The maximum Gasteiger partial charge on any atom is 0.321 e. The molecule has 25 heavy (non-hydrogen) atoms. The molecule has 0 radical (unpaired) electrons. The molecule has 0 bridgehead atoms. The lowest BCUT2D eigenvalue weighted by Gasteiger charge is -2.18. The molecule has 2 amide bonds. The van der Waals surface area contributed by atoms with Crippen LogP contribution in [-0.4, -0.2) is 40.9 Å². The maximum atomic E-state index is 12.3. The number of hydrogen-bond donors (Lipinski definition) is 1. The Morgan fingerprint density at radius 3 is 2.48 bits per heavy atom. The highest BCUT2D eigenvalue weighted by molar-refractivity contribution is 5.89. The molecular weight excluding hydrogens is 316 g/mol. The van der Waals surface area contributed by atoms with E-state index in [0.717, 1.165) is 30.1 Å². The number of aryl methyl sites for hydroxylation is 2. The van der Waals surface area contributed by atoms with Gasteiger partial charge in [-0.2, -0.15) is 5.10 Å². The number of aromatic nitrogens is 2. The number of carbonyl (C=O) groups excluding carboxylic acids is 1. The van der Waals surface area contributed by atoms with Crippen LogP contribution in [0.3, 0.4) is 0 Å². The Labute approximate surface area is 149 Å². The fraction of sp³-hybridized carbons (Fsp3) is 0.474. The van der Waals surface area contributed by atoms with Crippen LogP contribution in [0.25, 0.3) is 0 Å². The zero-order chi connectivity index (χ0) is 18.4. The van der Waals surface area contributed by atoms with E-state index < -0.39 is 0 Å². The number of rotatable bonds is 7. The molecular formula is C19H28N4O2. The minimum absolute atomic E-state index is 0.123. The van der Waals surface area contributed by atoms with Gasteiger partial charge in [-0.15, -0.1) is 0 Å². The summed E-state index contributed by atoms with van der Waals surface area (Å²) in [6, 6.07) is 7.27. The summed E-state index contributed by atoms with van der Waals surface area (Å²) in [7, 11) is 1.80. The third-order valence-corrected chi connectivity index (χ3v) is 4.29. The van der Waals surface area contributed by atoms with Gasteiger partial charge >= 0.3 is 6.03 Å². The molecule has 136 valence electrons. The van der Waals surface area contributed by atoms with Crippen molar-refractivity contribution in [2.75, 3.05) is 25.5 Å². The smallest absolute Gasteiger partial charge is 0.321 e. The summed E-state index contributed by atoms with van der Waals surface area (Å²) in [5.41, 5.74) is 4.20. The molecule has 2 rings (SSSR count). The zero-order valence-corrected chi connectivity index (χ0v) is 15.8. The van der Waals surface area contributed by atoms with Gasteiger partial charge in [0.05, 0.1) is 12.3 Å². The van der Waals surface area contributed by atoms with Crippen molar-refractivity contribution < 1.29 is 9.53 Å². The highest BCUT2D eigenvalue weighted by Gasteiger charge is 2.14. The Morgan fingerprint density at radius 1 is 1.24 bits per heavy atom. The topological polar surface area (TPSA) is 59.4 Å². The number of carbonyl (C=O) groups is 1. The highest BCUT2D eigenvalue weighted by Crippen LogP contribution is 2.17. The lowest BCUT2D eigenvalue weighted by Crippen LogP contribution is -2.33. The Morgan fingerprint density at radius 2 is 1.92 bits per heavy atom. The molecule has 1 aromatic heterocycles. The van der Waals surface area contributed by atoms with E-state index in [1.165, 1.54) is 11.3 Å². The molecule has 1 aromatic carbocycles. The van der Waals surface area contributed by atoms with Crippen molar-refractivity contribution in [2.45, 2.75) is 40.7 Å². The Hall–Kier alpha value is -2.50. The SMILES string of the molecule is CCOc1ccc(NC(=O)N(C)CCc2c(C)nn(CC)c2C)cc1. The number of anilines is 1. The van der Waals surface area contributed by atoms with Crippen LogP contribution in [-0.2, 0) is 13.0 Å². The predicted octanol–water partition coefficient (Wildman–Crippen LogP) is 3.62.